The van der Waals surface area contributed by atoms with Gasteiger partial charge in [0.1, 0.15) is 19.5 Å². The van der Waals surface area contributed by atoms with Crippen LogP contribution in [0.5, 0.6) is 5.75 Å². The summed E-state index contributed by atoms with van der Waals surface area (Å²) in [7, 11) is 1.41. The van der Waals surface area contributed by atoms with Crippen molar-refractivity contribution in [2.75, 3.05) is 13.7 Å². The Morgan fingerprint density at radius 3 is 2.58 bits per heavy atom. The van der Waals surface area contributed by atoms with Crippen molar-refractivity contribution < 1.29 is 14.4 Å². The van der Waals surface area contributed by atoms with Gasteiger partial charge in [0.15, 0.2) is 5.71 Å². The number of carbonyl (C=O) groups excluding carboxylic acids is 1. The minimum absolute atomic E-state index is 0.178. The van der Waals surface area contributed by atoms with Crippen molar-refractivity contribution in [3.8, 4) is 5.75 Å². The zero-order valence-corrected chi connectivity index (χ0v) is 15.9. The molecule has 2 aromatic rings. The Labute approximate surface area is 158 Å². The van der Waals surface area contributed by atoms with Crippen molar-refractivity contribution in [3.05, 3.63) is 65.2 Å². The molecule has 26 heavy (non-hydrogen) atoms. The molecule has 0 unspecified atom stereocenters. The Balaban J connectivity index is 2.23. The molecule has 0 bridgehead atoms. The van der Waals surface area contributed by atoms with E-state index in [-0.39, 0.29) is 17.0 Å². The molecule has 2 aromatic carbocycles. The number of rotatable bonds is 8. The van der Waals surface area contributed by atoms with E-state index < -0.39 is 0 Å². The van der Waals surface area contributed by atoms with Gasteiger partial charge in [0, 0.05) is 17.5 Å². The minimum Gasteiger partial charge on any atom is -0.489 e. The van der Waals surface area contributed by atoms with Gasteiger partial charge in [-0.1, -0.05) is 47.6 Å². The number of para-hydroxylation sites is 1. The number of carbonyl (C=O) groups is 1. The summed E-state index contributed by atoms with van der Waals surface area (Å²) >= 11 is 5.91. The molecule has 6 heteroatoms. The van der Waals surface area contributed by atoms with Crippen LogP contribution in [0.4, 0.5) is 0 Å². The molecule has 0 saturated carbocycles. The lowest BCUT2D eigenvalue weighted by Gasteiger charge is -2.14. The van der Waals surface area contributed by atoms with E-state index in [2.05, 4.69) is 10.5 Å². The first-order valence-corrected chi connectivity index (χ1v) is 8.76. The van der Waals surface area contributed by atoms with Crippen LogP contribution in [0.15, 0.2) is 53.7 Å². The second-order valence-corrected chi connectivity index (χ2v) is 6.57. The number of ether oxygens (including phenoxy) is 1. The predicted octanol–water partition coefficient (Wildman–Crippen LogP) is 3.67. The fourth-order valence-electron chi connectivity index (χ4n) is 2.37. The summed E-state index contributed by atoms with van der Waals surface area (Å²) in [5.41, 5.74) is 2.72. The van der Waals surface area contributed by atoms with Crippen LogP contribution in [0.25, 0.3) is 0 Å². The van der Waals surface area contributed by atoms with Gasteiger partial charge in [0.05, 0.1) is 0 Å². The summed E-state index contributed by atoms with van der Waals surface area (Å²) in [6, 6.07) is 15.2. The standard InChI is InChI=1S/C20H23ClN2O3/c1-14-8-4-7-11-18(14)26-13-16-9-5-6-10-17(16)19(23-25-3)20(24)22-12-15(2)21/h4-11,15H,12-13H2,1-3H3,(H,22,24)/t15-/m1/s1. The fraction of sp³-hybridized carbons (Fsp3) is 0.300. The molecule has 0 spiro atoms. The van der Waals surface area contributed by atoms with Crippen LogP contribution in [-0.2, 0) is 16.2 Å². The van der Waals surface area contributed by atoms with E-state index in [0.717, 1.165) is 16.9 Å². The Morgan fingerprint density at radius 1 is 1.19 bits per heavy atom. The van der Waals surface area contributed by atoms with Crippen LogP contribution in [0.1, 0.15) is 23.6 Å². The zero-order valence-electron chi connectivity index (χ0n) is 15.2. The van der Waals surface area contributed by atoms with Crippen molar-refractivity contribution in [3.63, 3.8) is 0 Å². The van der Waals surface area contributed by atoms with Crippen LogP contribution < -0.4 is 10.1 Å². The highest BCUT2D eigenvalue weighted by molar-refractivity contribution is 6.45. The summed E-state index contributed by atoms with van der Waals surface area (Å²) in [6.45, 7) is 4.44. The average Bonchev–Trinajstić information content (AvgIpc) is 2.64. The normalized spacial score (nSPS) is 12.4. The van der Waals surface area contributed by atoms with Crippen LogP contribution in [0.2, 0.25) is 0 Å². The third-order valence-electron chi connectivity index (χ3n) is 3.69. The van der Waals surface area contributed by atoms with Gasteiger partial charge in [-0.05, 0) is 31.0 Å². The summed E-state index contributed by atoms with van der Waals surface area (Å²) < 4.78 is 5.92. The highest BCUT2D eigenvalue weighted by Crippen LogP contribution is 2.19. The van der Waals surface area contributed by atoms with Gasteiger partial charge in [-0.15, -0.1) is 11.6 Å². The maximum Gasteiger partial charge on any atom is 0.274 e. The van der Waals surface area contributed by atoms with Gasteiger partial charge in [-0.2, -0.15) is 0 Å². The number of hydrogen-bond acceptors (Lipinski definition) is 4. The first-order chi connectivity index (χ1) is 12.5. The Hall–Kier alpha value is -2.53. The molecule has 0 saturated heterocycles. The van der Waals surface area contributed by atoms with Crippen LogP contribution in [-0.4, -0.2) is 30.7 Å². The number of hydrogen-bond donors (Lipinski definition) is 1. The highest BCUT2D eigenvalue weighted by atomic mass is 35.5. The highest BCUT2D eigenvalue weighted by Gasteiger charge is 2.19. The number of alkyl halides is 1. The van der Waals surface area contributed by atoms with E-state index in [4.69, 9.17) is 21.2 Å². The van der Waals surface area contributed by atoms with Crippen molar-refractivity contribution >= 4 is 23.2 Å². The number of oxime groups is 1. The van der Waals surface area contributed by atoms with Crippen molar-refractivity contribution in [2.24, 2.45) is 5.16 Å². The predicted molar refractivity (Wildman–Crippen MR) is 104 cm³/mol. The quantitative estimate of drug-likeness (QED) is 0.435. The smallest absolute Gasteiger partial charge is 0.274 e. The first-order valence-electron chi connectivity index (χ1n) is 8.33. The second kappa shape index (κ2) is 9.82. The maximum atomic E-state index is 12.5. The largest absolute Gasteiger partial charge is 0.489 e. The Morgan fingerprint density at radius 2 is 1.88 bits per heavy atom. The molecule has 1 atom stereocenters. The lowest BCUT2D eigenvalue weighted by atomic mass is 10.0. The van der Waals surface area contributed by atoms with E-state index >= 15 is 0 Å². The molecule has 2 rings (SSSR count). The van der Waals surface area contributed by atoms with Gasteiger partial charge in [-0.25, -0.2) is 0 Å². The van der Waals surface area contributed by atoms with E-state index in [1.54, 1.807) is 6.92 Å². The van der Waals surface area contributed by atoms with Crippen molar-refractivity contribution in [1.82, 2.24) is 5.32 Å². The molecule has 0 aliphatic heterocycles. The van der Waals surface area contributed by atoms with E-state index in [1.165, 1.54) is 7.11 Å². The average molecular weight is 375 g/mol. The molecular weight excluding hydrogens is 352 g/mol. The number of aryl methyl sites for hydroxylation is 1. The summed E-state index contributed by atoms with van der Waals surface area (Å²) in [5.74, 6) is 0.454. The van der Waals surface area contributed by atoms with Crippen molar-refractivity contribution in [2.45, 2.75) is 25.8 Å². The Kier molecular flexibility index (Phi) is 7.48. The minimum atomic E-state index is -0.345. The SMILES string of the molecule is CON=C(C(=O)NC[C@@H](C)Cl)c1ccccc1COc1ccccc1C. The molecule has 0 aromatic heterocycles. The molecule has 5 nitrogen and oxygen atoms in total. The third kappa shape index (κ3) is 5.49. The van der Waals surface area contributed by atoms with Gasteiger partial charge in [0.2, 0.25) is 0 Å². The molecule has 0 radical (unpaired) electrons. The molecule has 1 amide bonds. The van der Waals surface area contributed by atoms with Crippen LogP contribution in [0.3, 0.4) is 0 Å². The summed E-state index contributed by atoms with van der Waals surface area (Å²) in [6.07, 6.45) is 0. The van der Waals surface area contributed by atoms with Gasteiger partial charge in [0.25, 0.3) is 5.91 Å². The van der Waals surface area contributed by atoms with E-state index in [1.807, 2.05) is 55.5 Å². The van der Waals surface area contributed by atoms with E-state index in [0.29, 0.717) is 18.7 Å². The Bertz CT molecular complexity index is 775. The maximum absolute atomic E-state index is 12.5. The molecule has 0 fully saturated rings. The number of nitrogens with one attached hydrogen (secondary N) is 1. The first kappa shape index (κ1) is 19.8. The number of amides is 1. The molecular formula is C20H23ClN2O3. The van der Waals surface area contributed by atoms with Crippen LogP contribution >= 0.6 is 11.6 Å². The number of nitrogens with zero attached hydrogens (tertiary/aromatic N) is 1. The second-order valence-electron chi connectivity index (χ2n) is 5.82. The molecule has 0 aliphatic carbocycles. The number of benzene rings is 2. The number of halogens is 1. The van der Waals surface area contributed by atoms with E-state index in [9.17, 15) is 4.79 Å². The lowest BCUT2D eigenvalue weighted by molar-refractivity contribution is -0.114. The zero-order chi connectivity index (χ0) is 18.9. The fourth-order valence-corrected chi connectivity index (χ4v) is 2.45. The third-order valence-corrected chi connectivity index (χ3v) is 3.85. The van der Waals surface area contributed by atoms with Crippen molar-refractivity contribution in [1.29, 1.82) is 0 Å². The van der Waals surface area contributed by atoms with Crippen LogP contribution in [0, 0.1) is 6.92 Å². The monoisotopic (exact) mass is 374 g/mol. The lowest BCUT2D eigenvalue weighted by Crippen LogP contribution is -2.35. The molecule has 138 valence electrons. The molecule has 0 aliphatic rings. The van der Waals surface area contributed by atoms with Gasteiger partial charge < -0.3 is 14.9 Å². The van der Waals surface area contributed by atoms with Gasteiger partial charge >= 0.3 is 0 Å². The summed E-state index contributed by atoms with van der Waals surface area (Å²) in [5, 5.41) is 6.49. The van der Waals surface area contributed by atoms with Gasteiger partial charge in [-0.3, -0.25) is 4.79 Å². The molecule has 0 heterocycles. The topological polar surface area (TPSA) is 59.9 Å². The summed E-state index contributed by atoms with van der Waals surface area (Å²) in [4.78, 5) is 17.4. The molecule has 1 N–H and O–H groups in total.